The first kappa shape index (κ1) is 17.9. The average molecular weight is 350 g/mol. The summed E-state index contributed by atoms with van der Waals surface area (Å²) >= 11 is 0. The molecule has 1 aliphatic heterocycles. The molecule has 6 nitrogen and oxygen atoms in total. The molecule has 26 heavy (non-hydrogen) atoms. The minimum atomic E-state index is 0.0142. The van der Waals surface area contributed by atoms with E-state index in [2.05, 4.69) is 16.0 Å². The fraction of sp³-hybridized carbons (Fsp3) is 0.350. The first-order valence-electron chi connectivity index (χ1n) is 8.70. The van der Waals surface area contributed by atoms with Gasteiger partial charge in [0.15, 0.2) is 0 Å². The summed E-state index contributed by atoms with van der Waals surface area (Å²) in [4.78, 5) is 21.0. The summed E-state index contributed by atoms with van der Waals surface area (Å²) in [6.07, 6.45) is 2.51. The molecule has 0 unspecified atom stereocenters. The maximum absolute atomic E-state index is 12.7. The van der Waals surface area contributed by atoms with E-state index in [0.717, 1.165) is 32.6 Å². The first-order valence-corrected chi connectivity index (χ1v) is 8.70. The van der Waals surface area contributed by atoms with Crippen LogP contribution in [0.5, 0.6) is 5.88 Å². The molecular weight excluding hydrogens is 328 g/mol. The molecule has 0 spiro atoms. The molecule has 2 heterocycles. The first-order chi connectivity index (χ1) is 12.7. The van der Waals surface area contributed by atoms with Gasteiger partial charge >= 0.3 is 0 Å². The molecule has 0 saturated carbocycles. The van der Waals surface area contributed by atoms with E-state index < -0.39 is 0 Å². The number of nitrogens with zero attached hydrogens (tertiary/aromatic N) is 4. The Kier molecular flexibility index (Phi) is 5.82. The van der Waals surface area contributed by atoms with Crippen molar-refractivity contribution in [3.05, 3.63) is 59.3 Å². The highest BCUT2D eigenvalue weighted by Gasteiger charge is 2.20. The van der Waals surface area contributed by atoms with Gasteiger partial charge in [0.1, 0.15) is 0 Å². The second-order valence-electron chi connectivity index (χ2n) is 6.32. The van der Waals surface area contributed by atoms with Crippen molar-refractivity contribution in [1.82, 2.24) is 14.8 Å². The molecule has 1 amide bonds. The van der Waals surface area contributed by atoms with Gasteiger partial charge in [-0.25, -0.2) is 4.98 Å². The predicted molar refractivity (Wildman–Crippen MR) is 97.7 cm³/mol. The van der Waals surface area contributed by atoms with Gasteiger partial charge in [0.2, 0.25) is 5.88 Å². The molecule has 1 saturated heterocycles. The summed E-state index contributed by atoms with van der Waals surface area (Å²) < 4.78 is 5.04. The van der Waals surface area contributed by atoms with Gasteiger partial charge < -0.3 is 9.64 Å². The van der Waals surface area contributed by atoms with Crippen LogP contribution in [-0.4, -0.2) is 54.0 Å². The Morgan fingerprint density at radius 2 is 1.96 bits per heavy atom. The monoisotopic (exact) mass is 350 g/mol. The minimum absolute atomic E-state index is 0.0142. The van der Waals surface area contributed by atoms with E-state index in [-0.39, 0.29) is 5.91 Å². The highest BCUT2D eigenvalue weighted by atomic mass is 16.5. The molecule has 0 aliphatic carbocycles. The molecule has 6 heteroatoms. The van der Waals surface area contributed by atoms with Crippen molar-refractivity contribution in [2.45, 2.75) is 13.0 Å². The third-order valence-corrected chi connectivity index (χ3v) is 4.56. The molecule has 134 valence electrons. The Balaban J connectivity index is 1.58. The van der Waals surface area contributed by atoms with Crippen LogP contribution in [0.3, 0.4) is 0 Å². The van der Waals surface area contributed by atoms with E-state index in [9.17, 15) is 4.79 Å². The van der Waals surface area contributed by atoms with E-state index in [1.54, 1.807) is 25.4 Å². The second kappa shape index (κ2) is 8.45. The lowest BCUT2D eigenvalue weighted by atomic mass is 10.1. The summed E-state index contributed by atoms with van der Waals surface area (Å²) in [7, 11) is 1.56. The Morgan fingerprint density at radius 1 is 1.15 bits per heavy atom. The lowest BCUT2D eigenvalue weighted by Gasteiger charge is -2.22. The zero-order valence-corrected chi connectivity index (χ0v) is 14.9. The molecular formula is C20H22N4O2. The van der Waals surface area contributed by atoms with E-state index >= 15 is 0 Å². The number of hydrogen-bond donors (Lipinski definition) is 0. The summed E-state index contributed by atoms with van der Waals surface area (Å²) in [5.74, 6) is 0.520. The number of hydrogen-bond acceptors (Lipinski definition) is 5. The number of amides is 1. The number of benzene rings is 1. The molecule has 3 rings (SSSR count). The van der Waals surface area contributed by atoms with Crippen LogP contribution in [0, 0.1) is 11.3 Å². The zero-order valence-electron chi connectivity index (χ0n) is 14.9. The number of methoxy groups -OCH3 is 1. The highest BCUT2D eigenvalue weighted by molar-refractivity contribution is 5.94. The smallest absolute Gasteiger partial charge is 0.255 e. The fourth-order valence-corrected chi connectivity index (χ4v) is 3.09. The molecule has 1 aromatic carbocycles. The molecule has 0 radical (unpaired) electrons. The van der Waals surface area contributed by atoms with Crippen LogP contribution in [0.15, 0.2) is 42.6 Å². The van der Waals surface area contributed by atoms with Crippen LogP contribution in [0.1, 0.15) is 27.9 Å². The summed E-state index contributed by atoms with van der Waals surface area (Å²) in [5.41, 5.74) is 2.45. The molecule has 1 aromatic heterocycles. The summed E-state index contributed by atoms with van der Waals surface area (Å²) in [6, 6.07) is 13.3. The molecule has 0 bridgehead atoms. The van der Waals surface area contributed by atoms with Crippen LogP contribution in [0.4, 0.5) is 0 Å². The number of pyridine rings is 1. The summed E-state index contributed by atoms with van der Waals surface area (Å²) in [5, 5.41) is 8.88. The highest BCUT2D eigenvalue weighted by Crippen LogP contribution is 2.14. The third kappa shape index (κ3) is 4.38. The SMILES string of the molecule is COc1ccc(C(=O)N2CCCN(Cc3ccc(C#N)cc3)CC2)cn1. The van der Waals surface area contributed by atoms with Crippen molar-refractivity contribution < 1.29 is 9.53 Å². The number of carbonyl (C=O) groups is 1. The Morgan fingerprint density at radius 3 is 2.62 bits per heavy atom. The van der Waals surface area contributed by atoms with Crippen LogP contribution >= 0.6 is 0 Å². The third-order valence-electron chi connectivity index (χ3n) is 4.56. The molecule has 0 atom stereocenters. The van der Waals surface area contributed by atoms with Crippen molar-refractivity contribution in [2.24, 2.45) is 0 Å². The average Bonchev–Trinajstić information content (AvgIpc) is 2.94. The molecule has 2 aromatic rings. The zero-order chi connectivity index (χ0) is 18.4. The van der Waals surface area contributed by atoms with Crippen molar-refractivity contribution in [1.29, 1.82) is 5.26 Å². The molecule has 1 aliphatic rings. The lowest BCUT2D eigenvalue weighted by Crippen LogP contribution is -2.35. The van der Waals surface area contributed by atoms with Gasteiger partial charge in [-0.05, 0) is 30.2 Å². The van der Waals surface area contributed by atoms with Crippen LogP contribution < -0.4 is 4.74 Å². The topological polar surface area (TPSA) is 69.5 Å². The van der Waals surface area contributed by atoms with E-state index in [1.165, 1.54) is 5.56 Å². The quantitative estimate of drug-likeness (QED) is 0.846. The van der Waals surface area contributed by atoms with Crippen molar-refractivity contribution in [2.75, 3.05) is 33.3 Å². The second-order valence-corrected chi connectivity index (χ2v) is 6.32. The maximum atomic E-state index is 12.7. The maximum Gasteiger partial charge on any atom is 0.255 e. The van der Waals surface area contributed by atoms with Crippen LogP contribution in [0.25, 0.3) is 0 Å². The van der Waals surface area contributed by atoms with E-state index in [0.29, 0.717) is 23.6 Å². The number of nitriles is 1. The van der Waals surface area contributed by atoms with E-state index in [1.807, 2.05) is 29.2 Å². The van der Waals surface area contributed by atoms with Crippen molar-refractivity contribution in [3.8, 4) is 11.9 Å². The van der Waals surface area contributed by atoms with E-state index in [4.69, 9.17) is 10.00 Å². The van der Waals surface area contributed by atoms with Gasteiger partial charge in [0, 0.05) is 45.0 Å². The fourth-order valence-electron chi connectivity index (χ4n) is 3.09. The van der Waals surface area contributed by atoms with Crippen molar-refractivity contribution in [3.63, 3.8) is 0 Å². The van der Waals surface area contributed by atoms with Gasteiger partial charge in [-0.15, -0.1) is 0 Å². The standard InChI is InChI=1S/C20H22N4O2/c1-26-19-8-7-18(14-22-19)20(25)24-10-2-9-23(11-12-24)15-17-5-3-16(13-21)4-6-17/h3-8,14H,2,9-12,15H2,1H3. The van der Waals surface area contributed by atoms with Gasteiger partial charge in [0.05, 0.1) is 24.3 Å². The van der Waals surface area contributed by atoms with Gasteiger partial charge in [-0.2, -0.15) is 5.26 Å². The van der Waals surface area contributed by atoms with Gasteiger partial charge in [0.25, 0.3) is 5.91 Å². The lowest BCUT2D eigenvalue weighted by molar-refractivity contribution is 0.0760. The normalized spacial score (nSPS) is 15.2. The number of carbonyl (C=O) groups excluding carboxylic acids is 1. The number of ether oxygens (including phenoxy) is 1. The number of aromatic nitrogens is 1. The van der Waals surface area contributed by atoms with Gasteiger partial charge in [-0.3, -0.25) is 9.69 Å². The predicted octanol–water partition coefficient (Wildman–Crippen LogP) is 2.31. The largest absolute Gasteiger partial charge is 0.481 e. The Hall–Kier alpha value is -2.91. The van der Waals surface area contributed by atoms with Gasteiger partial charge in [-0.1, -0.05) is 12.1 Å². The molecule has 1 fully saturated rings. The summed E-state index contributed by atoms with van der Waals surface area (Å²) in [6.45, 7) is 4.05. The molecule has 0 N–H and O–H groups in total. The van der Waals surface area contributed by atoms with Crippen LogP contribution in [-0.2, 0) is 6.54 Å². The Labute approximate surface area is 153 Å². The Bertz CT molecular complexity index is 781. The van der Waals surface area contributed by atoms with Crippen LogP contribution in [0.2, 0.25) is 0 Å². The van der Waals surface area contributed by atoms with Crippen molar-refractivity contribution >= 4 is 5.91 Å². The minimum Gasteiger partial charge on any atom is -0.481 e. The number of rotatable bonds is 4.